The van der Waals surface area contributed by atoms with Gasteiger partial charge in [-0.05, 0) is 42.1 Å². The summed E-state index contributed by atoms with van der Waals surface area (Å²) in [5, 5.41) is 12.6. The van der Waals surface area contributed by atoms with Gasteiger partial charge in [0.15, 0.2) is 0 Å². The van der Waals surface area contributed by atoms with Crippen LogP contribution in [0.15, 0.2) is 41.4 Å². The van der Waals surface area contributed by atoms with E-state index in [1.807, 2.05) is 6.26 Å². The van der Waals surface area contributed by atoms with E-state index in [1.165, 1.54) is 29.4 Å². The maximum absolute atomic E-state index is 14.4. The average molecular weight is 393 g/mol. The minimum absolute atomic E-state index is 0.0257. The Morgan fingerprint density at radius 1 is 1.38 bits per heavy atom. The van der Waals surface area contributed by atoms with E-state index in [2.05, 4.69) is 15.2 Å². The van der Waals surface area contributed by atoms with Crippen molar-refractivity contribution in [3.05, 3.63) is 47.9 Å². The third-order valence-corrected chi connectivity index (χ3v) is 5.12. The van der Waals surface area contributed by atoms with Gasteiger partial charge in [-0.1, -0.05) is 6.07 Å². The van der Waals surface area contributed by atoms with E-state index in [4.69, 9.17) is 9.94 Å². The predicted octanol–water partition coefficient (Wildman–Crippen LogP) is 3.55. The number of hydroxylamine groups is 1. The molecule has 0 saturated heterocycles. The molecule has 3 rings (SSSR count). The van der Waals surface area contributed by atoms with E-state index in [0.717, 1.165) is 15.0 Å². The lowest BCUT2D eigenvalue weighted by Crippen LogP contribution is -2.25. The van der Waals surface area contributed by atoms with Crippen LogP contribution < -0.4 is 10.8 Å². The number of fused-ring (bicyclic) bond motifs is 1. The number of aliphatic hydroxyl groups excluding tert-OH is 1. The molecule has 0 aliphatic carbocycles. The Labute approximate surface area is 157 Å². The monoisotopic (exact) mass is 393 g/mol. The van der Waals surface area contributed by atoms with Gasteiger partial charge >= 0.3 is 0 Å². The second kappa shape index (κ2) is 8.45. The lowest BCUT2D eigenvalue weighted by Gasteiger charge is -2.14. The van der Waals surface area contributed by atoms with Crippen LogP contribution in [-0.4, -0.2) is 34.9 Å². The molecule has 0 bridgehead atoms. The number of carbonyl (C=O) groups excluding carboxylic acids is 1. The molecule has 26 heavy (non-hydrogen) atoms. The fourth-order valence-electron chi connectivity index (χ4n) is 2.32. The summed E-state index contributed by atoms with van der Waals surface area (Å²) >= 11 is 2.65. The topological polar surface area (TPSA) is 83.5 Å². The van der Waals surface area contributed by atoms with Crippen molar-refractivity contribution in [1.82, 2.24) is 9.85 Å². The minimum atomic E-state index is -0.502. The molecule has 0 radical (unpaired) electrons. The number of aliphatic hydroxyl groups is 1. The van der Waals surface area contributed by atoms with Crippen LogP contribution in [0.4, 0.5) is 15.8 Å². The fraction of sp³-hybridized carbons (Fsp3) is 0.176. The second-order valence-electron chi connectivity index (χ2n) is 5.21. The van der Waals surface area contributed by atoms with Crippen LogP contribution in [0.5, 0.6) is 0 Å². The predicted molar refractivity (Wildman–Crippen MR) is 102 cm³/mol. The van der Waals surface area contributed by atoms with Gasteiger partial charge < -0.3 is 10.4 Å². The highest BCUT2D eigenvalue weighted by Gasteiger charge is 2.17. The van der Waals surface area contributed by atoms with Crippen LogP contribution in [0.3, 0.4) is 0 Å². The normalized spacial score (nSPS) is 10.9. The lowest BCUT2D eigenvalue weighted by atomic mass is 10.1. The Bertz CT molecular complexity index is 933. The summed E-state index contributed by atoms with van der Waals surface area (Å²) in [6.45, 7) is -0.242. The van der Waals surface area contributed by atoms with Crippen LogP contribution in [0, 0.1) is 5.82 Å². The number of nitrogens with zero attached hydrogens (tertiary/aromatic N) is 1. The molecule has 6 nitrogen and oxygen atoms in total. The first-order valence-electron chi connectivity index (χ1n) is 7.65. The minimum Gasteiger partial charge on any atom is -0.394 e. The van der Waals surface area contributed by atoms with Crippen LogP contribution in [-0.2, 0) is 4.84 Å². The number of halogens is 1. The van der Waals surface area contributed by atoms with E-state index in [9.17, 15) is 9.18 Å². The molecular formula is C17H16FN3O3S2. The van der Waals surface area contributed by atoms with Crippen LogP contribution >= 0.6 is 23.3 Å². The molecule has 0 aliphatic rings. The standard InChI is InChI=1S/C17H16FN3O3S2/c1-25-11-3-5-14(13(18)8-11)20-15-12(17(23)21-24-7-6-22)4-2-10-9-19-26-16(10)15/h2-5,8-9,20,22H,6-7H2,1H3,(H,21,23). The number of amides is 1. The van der Waals surface area contributed by atoms with Crippen molar-refractivity contribution in [1.29, 1.82) is 0 Å². The summed E-state index contributed by atoms with van der Waals surface area (Å²) in [6.07, 6.45) is 3.55. The van der Waals surface area contributed by atoms with Crippen molar-refractivity contribution in [3.8, 4) is 0 Å². The fourth-order valence-corrected chi connectivity index (χ4v) is 3.50. The maximum Gasteiger partial charge on any atom is 0.277 e. The molecule has 1 heterocycles. The summed E-state index contributed by atoms with van der Waals surface area (Å²) in [5.41, 5.74) is 3.26. The molecule has 3 aromatic rings. The molecule has 0 atom stereocenters. The zero-order valence-electron chi connectivity index (χ0n) is 13.8. The van der Waals surface area contributed by atoms with Crippen molar-refractivity contribution in [2.24, 2.45) is 0 Å². The molecule has 0 unspecified atom stereocenters. The first kappa shape index (κ1) is 18.6. The second-order valence-corrected chi connectivity index (χ2v) is 6.89. The molecule has 0 saturated carbocycles. The Balaban J connectivity index is 1.98. The largest absolute Gasteiger partial charge is 0.394 e. The SMILES string of the molecule is CSc1ccc(Nc2c(C(=O)NOCCO)ccc3cnsc23)c(F)c1. The number of anilines is 2. The highest BCUT2D eigenvalue weighted by molar-refractivity contribution is 7.98. The molecule has 0 fully saturated rings. The molecular weight excluding hydrogens is 377 g/mol. The van der Waals surface area contributed by atoms with Gasteiger partial charge in [-0.25, -0.2) is 9.87 Å². The molecule has 2 aromatic carbocycles. The van der Waals surface area contributed by atoms with Gasteiger partial charge in [0.2, 0.25) is 0 Å². The summed E-state index contributed by atoms with van der Waals surface area (Å²) in [5.74, 6) is -0.918. The smallest absolute Gasteiger partial charge is 0.277 e. The third kappa shape index (κ3) is 3.96. The molecule has 3 N–H and O–H groups in total. The van der Waals surface area contributed by atoms with Crippen LogP contribution in [0.1, 0.15) is 10.4 Å². The lowest BCUT2D eigenvalue weighted by molar-refractivity contribution is 0.0169. The highest BCUT2D eigenvalue weighted by atomic mass is 32.2. The summed E-state index contributed by atoms with van der Waals surface area (Å²) in [6, 6.07) is 8.24. The quantitative estimate of drug-likeness (QED) is 0.323. The summed E-state index contributed by atoms with van der Waals surface area (Å²) in [4.78, 5) is 18.1. The van der Waals surface area contributed by atoms with Crippen LogP contribution in [0.2, 0.25) is 0 Å². The van der Waals surface area contributed by atoms with E-state index in [1.54, 1.807) is 30.5 Å². The van der Waals surface area contributed by atoms with Gasteiger partial charge in [-0.15, -0.1) is 11.8 Å². The van der Waals surface area contributed by atoms with Crippen molar-refractivity contribution in [2.75, 3.05) is 24.8 Å². The van der Waals surface area contributed by atoms with Gasteiger partial charge in [0.05, 0.1) is 34.9 Å². The zero-order chi connectivity index (χ0) is 18.5. The Morgan fingerprint density at radius 3 is 2.96 bits per heavy atom. The zero-order valence-corrected chi connectivity index (χ0v) is 15.4. The molecule has 1 amide bonds. The highest BCUT2D eigenvalue weighted by Crippen LogP contribution is 2.34. The van der Waals surface area contributed by atoms with E-state index >= 15 is 0 Å². The number of benzene rings is 2. The Morgan fingerprint density at radius 2 is 2.23 bits per heavy atom. The van der Waals surface area contributed by atoms with Crippen molar-refractivity contribution in [3.63, 3.8) is 0 Å². The van der Waals surface area contributed by atoms with Gasteiger partial charge in [0.25, 0.3) is 5.91 Å². The first-order chi connectivity index (χ1) is 12.6. The number of nitrogens with one attached hydrogen (secondary N) is 2. The van der Waals surface area contributed by atoms with Gasteiger partial charge in [0.1, 0.15) is 5.82 Å². The molecule has 0 aliphatic heterocycles. The van der Waals surface area contributed by atoms with Gasteiger partial charge in [-0.2, -0.15) is 4.37 Å². The number of hydrogen-bond donors (Lipinski definition) is 3. The molecule has 9 heteroatoms. The first-order valence-corrected chi connectivity index (χ1v) is 9.64. The Kier molecular flexibility index (Phi) is 6.04. The number of carbonyl (C=O) groups is 1. The Hall–Kier alpha value is -2.20. The number of hydrogen-bond acceptors (Lipinski definition) is 7. The summed E-state index contributed by atoms with van der Waals surface area (Å²) < 4.78 is 19.3. The maximum atomic E-state index is 14.4. The van der Waals surface area contributed by atoms with Crippen molar-refractivity contribution < 1.29 is 19.1 Å². The van der Waals surface area contributed by atoms with E-state index in [-0.39, 0.29) is 24.5 Å². The van der Waals surface area contributed by atoms with Gasteiger partial charge in [-0.3, -0.25) is 9.63 Å². The van der Waals surface area contributed by atoms with E-state index in [0.29, 0.717) is 5.69 Å². The molecule has 136 valence electrons. The van der Waals surface area contributed by atoms with Crippen molar-refractivity contribution >= 4 is 50.7 Å². The third-order valence-electron chi connectivity index (χ3n) is 3.56. The number of rotatable bonds is 7. The van der Waals surface area contributed by atoms with Crippen LogP contribution in [0.25, 0.3) is 10.1 Å². The van der Waals surface area contributed by atoms with Crippen molar-refractivity contribution in [2.45, 2.75) is 4.90 Å². The summed E-state index contributed by atoms with van der Waals surface area (Å²) in [7, 11) is 0. The van der Waals surface area contributed by atoms with E-state index < -0.39 is 11.7 Å². The number of thioether (sulfide) groups is 1. The number of aromatic nitrogens is 1. The molecule has 1 aromatic heterocycles. The van der Waals surface area contributed by atoms with Gasteiger partial charge in [0, 0.05) is 16.5 Å². The average Bonchev–Trinajstić information content (AvgIpc) is 3.12. The molecule has 0 spiro atoms.